The summed E-state index contributed by atoms with van der Waals surface area (Å²) in [6.45, 7) is 1.89. The highest BCUT2D eigenvalue weighted by Gasteiger charge is 2.30. The quantitative estimate of drug-likeness (QED) is 0.786. The third-order valence-corrected chi connectivity index (χ3v) is 2.51. The number of ether oxygens (including phenoxy) is 1. The Bertz CT molecular complexity index is 413. The van der Waals surface area contributed by atoms with E-state index in [1.807, 2.05) is 0 Å². The van der Waals surface area contributed by atoms with Crippen LogP contribution in [0.4, 0.5) is 0 Å². The second-order valence-corrected chi connectivity index (χ2v) is 3.71. The van der Waals surface area contributed by atoms with Crippen LogP contribution in [0.25, 0.3) is 0 Å². The van der Waals surface area contributed by atoms with Gasteiger partial charge in [-0.15, -0.1) is 0 Å². The molecule has 0 saturated carbocycles. The first-order valence-corrected chi connectivity index (χ1v) is 5.62. The summed E-state index contributed by atoms with van der Waals surface area (Å²) in [5.41, 5.74) is 0.0789. The zero-order valence-electron chi connectivity index (χ0n) is 9.75. The molecule has 1 N–H and O–H groups in total. The summed E-state index contributed by atoms with van der Waals surface area (Å²) >= 11 is 5.75. The first-order valence-electron chi connectivity index (χ1n) is 5.28. The second kappa shape index (κ2) is 6.93. The van der Waals surface area contributed by atoms with Gasteiger partial charge in [-0.3, -0.25) is 9.78 Å². The van der Waals surface area contributed by atoms with Gasteiger partial charge in [0.25, 0.3) is 5.91 Å². The van der Waals surface area contributed by atoms with Crippen molar-refractivity contribution in [2.24, 2.45) is 0 Å². The molecule has 1 heterocycles. The van der Waals surface area contributed by atoms with Gasteiger partial charge >= 0.3 is 5.97 Å². The summed E-state index contributed by atoms with van der Waals surface area (Å²) in [7, 11) is 0. The highest BCUT2D eigenvalue weighted by atomic mass is 35.5. The van der Waals surface area contributed by atoms with Crippen LogP contribution in [0, 0.1) is 0 Å². The van der Waals surface area contributed by atoms with E-state index in [0.717, 1.165) is 0 Å². The number of aliphatic carboxylic acids is 1. The van der Waals surface area contributed by atoms with E-state index in [-0.39, 0.29) is 12.3 Å². The first kappa shape index (κ1) is 14.4. The fourth-order valence-corrected chi connectivity index (χ4v) is 1.43. The van der Waals surface area contributed by atoms with Crippen LogP contribution in [-0.4, -0.2) is 45.6 Å². The van der Waals surface area contributed by atoms with Crippen LogP contribution in [0.1, 0.15) is 17.4 Å². The monoisotopic (exact) mass is 272 g/mol. The lowest BCUT2D eigenvalue weighted by atomic mass is 10.2. The lowest BCUT2D eigenvalue weighted by Gasteiger charge is -2.21. The number of hydrogen-bond donors (Lipinski definition) is 1. The Morgan fingerprint density at radius 2 is 2.28 bits per heavy atom. The lowest BCUT2D eigenvalue weighted by molar-refractivity contribution is -0.142. The number of carboxylic acid groups (broad SMARTS) is 1. The number of pyridine rings is 1. The summed E-state index contributed by atoms with van der Waals surface area (Å²) in [5.74, 6) is -1.91. The molecule has 0 aliphatic rings. The van der Waals surface area contributed by atoms with Gasteiger partial charge in [-0.05, 0) is 19.1 Å². The van der Waals surface area contributed by atoms with Crippen molar-refractivity contribution >= 4 is 23.7 Å². The number of rotatable bonds is 6. The number of nitrogens with zero attached hydrogens (tertiary/aromatic N) is 2. The lowest BCUT2D eigenvalue weighted by Crippen LogP contribution is -2.42. The van der Waals surface area contributed by atoms with Crippen molar-refractivity contribution in [3.05, 3.63) is 30.1 Å². The Hall–Kier alpha value is -1.66. The fraction of sp³-hybridized carbons (Fsp3) is 0.364. The van der Waals surface area contributed by atoms with E-state index < -0.39 is 17.9 Å². The number of carbonyl (C=O) groups excluding carboxylic acids is 1. The van der Waals surface area contributed by atoms with Gasteiger partial charge in [0.15, 0.2) is 6.04 Å². The highest BCUT2D eigenvalue weighted by molar-refractivity contribution is 6.25. The molecule has 0 radical (unpaired) electrons. The van der Waals surface area contributed by atoms with Gasteiger partial charge in [-0.2, -0.15) is 0 Å². The van der Waals surface area contributed by atoms with Crippen LogP contribution in [0.15, 0.2) is 24.4 Å². The summed E-state index contributed by atoms with van der Waals surface area (Å²) in [5, 5.41) is 8.99. The molecular formula is C11H13ClN2O4. The molecular weight excluding hydrogens is 260 g/mol. The van der Waals surface area contributed by atoms with Crippen molar-refractivity contribution < 1.29 is 19.4 Å². The highest BCUT2D eigenvalue weighted by Crippen LogP contribution is 2.10. The number of amides is 1. The van der Waals surface area contributed by atoms with Crippen LogP contribution in [-0.2, 0) is 9.53 Å². The van der Waals surface area contributed by atoms with Crippen LogP contribution in [0.5, 0.6) is 0 Å². The summed E-state index contributed by atoms with van der Waals surface area (Å²) in [6.07, 6.45) is 1.43. The van der Waals surface area contributed by atoms with E-state index in [4.69, 9.17) is 21.6 Å². The molecule has 1 rings (SSSR count). The molecule has 0 bridgehead atoms. The Morgan fingerprint density at radius 3 is 2.78 bits per heavy atom. The van der Waals surface area contributed by atoms with Crippen molar-refractivity contribution in [1.82, 2.24) is 9.40 Å². The zero-order valence-corrected chi connectivity index (χ0v) is 10.5. The van der Waals surface area contributed by atoms with E-state index in [1.54, 1.807) is 19.1 Å². The number of aromatic nitrogens is 1. The molecule has 7 heteroatoms. The van der Waals surface area contributed by atoms with Gasteiger partial charge in [-0.1, -0.05) is 6.07 Å². The predicted molar refractivity (Wildman–Crippen MR) is 64.2 cm³/mol. The molecule has 0 spiro atoms. The van der Waals surface area contributed by atoms with Crippen LogP contribution < -0.4 is 0 Å². The molecule has 1 amide bonds. The van der Waals surface area contributed by atoms with Crippen molar-refractivity contribution in [3.8, 4) is 0 Å². The average Bonchev–Trinajstić information content (AvgIpc) is 2.38. The summed E-state index contributed by atoms with van der Waals surface area (Å²) < 4.78 is 5.58. The van der Waals surface area contributed by atoms with E-state index in [2.05, 4.69) is 4.98 Å². The molecule has 0 aliphatic carbocycles. The van der Waals surface area contributed by atoms with Crippen molar-refractivity contribution in [1.29, 1.82) is 0 Å². The third kappa shape index (κ3) is 3.68. The van der Waals surface area contributed by atoms with E-state index >= 15 is 0 Å². The molecule has 0 saturated heterocycles. The molecule has 1 atom stereocenters. The minimum Gasteiger partial charge on any atom is -0.480 e. The van der Waals surface area contributed by atoms with Crippen molar-refractivity contribution in [2.75, 3.05) is 13.2 Å². The largest absolute Gasteiger partial charge is 0.480 e. The topological polar surface area (TPSA) is 79.7 Å². The number of halogens is 1. The van der Waals surface area contributed by atoms with E-state index in [1.165, 1.54) is 12.3 Å². The van der Waals surface area contributed by atoms with Gasteiger partial charge in [0.05, 0.1) is 6.61 Å². The molecule has 1 aromatic heterocycles. The molecule has 98 valence electrons. The third-order valence-electron chi connectivity index (χ3n) is 2.12. The number of carboxylic acids is 1. The summed E-state index contributed by atoms with van der Waals surface area (Å²) in [4.78, 5) is 26.7. The molecule has 6 nitrogen and oxygen atoms in total. The summed E-state index contributed by atoms with van der Waals surface area (Å²) in [6, 6.07) is 3.46. The van der Waals surface area contributed by atoms with E-state index in [9.17, 15) is 9.59 Å². The molecule has 1 aromatic rings. The van der Waals surface area contributed by atoms with Gasteiger partial charge in [0, 0.05) is 24.6 Å². The maximum absolute atomic E-state index is 11.9. The zero-order chi connectivity index (χ0) is 13.5. The Balaban J connectivity index is 2.80. The van der Waals surface area contributed by atoms with Crippen molar-refractivity contribution in [3.63, 3.8) is 0 Å². The molecule has 18 heavy (non-hydrogen) atoms. The Kier molecular flexibility index (Phi) is 5.54. The van der Waals surface area contributed by atoms with E-state index in [0.29, 0.717) is 11.0 Å². The Labute approximate surface area is 109 Å². The van der Waals surface area contributed by atoms with Gasteiger partial charge in [0.1, 0.15) is 5.69 Å². The van der Waals surface area contributed by atoms with Gasteiger partial charge < -0.3 is 9.84 Å². The number of hydrogen-bond acceptors (Lipinski definition) is 4. The average molecular weight is 273 g/mol. The van der Waals surface area contributed by atoms with Crippen LogP contribution in [0.3, 0.4) is 0 Å². The van der Waals surface area contributed by atoms with Gasteiger partial charge in [0.2, 0.25) is 0 Å². The van der Waals surface area contributed by atoms with Crippen LogP contribution >= 0.6 is 11.8 Å². The standard InChI is InChI=1S/C11H13ClN2O4/c1-2-18-7-9(11(16)17)14(12)10(15)8-5-3-4-6-13-8/h3-6,9H,2,7H2,1H3,(H,16,17). The maximum Gasteiger partial charge on any atom is 0.330 e. The van der Waals surface area contributed by atoms with Crippen LogP contribution in [0.2, 0.25) is 0 Å². The molecule has 0 aliphatic heterocycles. The number of carbonyl (C=O) groups is 2. The second-order valence-electron chi connectivity index (χ2n) is 3.34. The van der Waals surface area contributed by atoms with Gasteiger partial charge in [-0.25, -0.2) is 9.21 Å². The SMILES string of the molecule is CCOCC(C(=O)O)N(Cl)C(=O)c1ccccn1. The predicted octanol–water partition coefficient (Wildman–Crippen LogP) is 1.17. The fourth-order valence-electron chi connectivity index (χ4n) is 1.20. The normalized spacial score (nSPS) is 11.9. The molecule has 0 aromatic carbocycles. The van der Waals surface area contributed by atoms with Crippen molar-refractivity contribution in [2.45, 2.75) is 13.0 Å². The molecule has 1 unspecified atom stereocenters. The first-order chi connectivity index (χ1) is 8.57. The molecule has 0 fully saturated rings. The maximum atomic E-state index is 11.9. The minimum absolute atomic E-state index is 0.0789. The smallest absolute Gasteiger partial charge is 0.330 e. The Morgan fingerprint density at radius 1 is 1.56 bits per heavy atom. The minimum atomic E-state index is -1.25.